The standard InChI is InChI=1S/C19H18BrF2N3O2/c1-3-6-27-24-19(26)14-9-16-18(23-10-25(16)2)17(22)13(14)7-11-4-5-12(20)8-15(11)21/h4-5,8-10H,3,6-7H2,1-2H3,(H,24,26). The number of halogens is 3. The Morgan fingerprint density at radius 1 is 1.33 bits per heavy atom. The normalized spacial score (nSPS) is 11.1. The van der Waals surface area contributed by atoms with Crippen LogP contribution < -0.4 is 5.48 Å². The number of carbonyl (C=O) groups excluding carboxylic acids is 1. The van der Waals surface area contributed by atoms with Crippen molar-refractivity contribution < 1.29 is 18.4 Å². The molecule has 0 atom stereocenters. The van der Waals surface area contributed by atoms with E-state index in [2.05, 4.69) is 26.4 Å². The van der Waals surface area contributed by atoms with E-state index >= 15 is 4.39 Å². The summed E-state index contributed by atoms with van der Waals surface area (Å²) >= 11 is 3.20. The molecule has 1 heterocycles. The number of hydrogen-bond acceptors (Lipinski definition) is 3. The molecular weight excluding hydrogens is 420 g/mol. The van der Waals surface area contributed by atoms with Crippen molar-refractivity contribution in [3.8, 4) is 0 Å². The van der Waals surface area contributed by atoms with Crippen molar-refractivity contribution in [2.45, 2.75) is 19.8 Å². The molecule has 2 aromatic carbocycles. The largest absolute Gasteiger partial charge is 0.334 e. The van der Waals surface area contributed by atoms with Crippen molar-refractivity contribution in [2.75, 3.05) is 6.61 Å². The van der Waals surface area contributed by atoms with Crippen LogP contribution >= 0.6 is 15.9 Å². The minimum absolute atomic E-state index is 0.0695. The maximum absolute atomic E-state index is 15.2. The second-order valence-electron chi connectivity index (χ2n) is 6.13. The zero-order chi connectivity index (χ0) is 19.6. The number of rotatable bonds is 6. The molecule has 0 saturated carbocycles. The zero-order valence-electron chi connectivity index (χ0n) is 14.9. The Balaban J connectivity index is 2.09. The summed E-state index contributed by atoms with van der Waals surface area (Å²) in [5.41, 5.74) is 3.35. The summed E-state index contributed by atoms with van der Waals surface area (Å²) in [4.78, 5) is 21.7. The molecule has 3 aromatic rings. The Hall–Kier alpha value is -2.32. The van der Waals surface area contributed by atoms with Gasteiger partial charge in [0, 0.05) is 23.5 Å². The lowest BCUT2D eigenvalue weighted by atomic mass is 9.97. The van der Waals surface area contributed by atoms with E-state index in [-0.39, 0.29) is 28.6 Å². The molecule has 0 fully saturated rings. The van der Waals surface area contributed by atoms with Gasteiger partial charge in [0.2, 0.25) is 0 Å². The van der Waals surface area contributed by atoms with Crippen LogP contribution in [-0.2, 0) is 18.3 Å². The third-order valence-corrected chi connectivity index (χ3v) is 4.65. The number of fused-ring (bicyclic) bond motifs is 1. The molecule has 0 spiro atoms. The van der Waals surface area contributed by atoms with Crippen molar-refractivity contribution in [1.82, 2.24) is 15.0 Å². The number of nitrogens with zero attached hydrogens (tertiary/aromatic N) is 2. The van der Waals surface area contributed by atoms with Crippen LogP contribution in [0.25, 0.3) is 11.0 Å². The number of imidazole rings is 1. The lowest BCUT2D eigenvalue weighted by molar-refractivity contribution is 0.0314. The smallest absolute Gasteiger partial charge is 0.275 e. The Labute approximate surface area is 163 Å². The van der Waals surface area contributed by atoms with E-state index in [1.165, 1.54) is 12.4 Å². The second-order valence-corrected chi connectivity index (χ2v) is 7.05. The van der Waals surface area contributed by atoms with Gasteiger partial charge in [-0.2, -0.15) is 0 Å². The van der Waals surface area contributed by atoms with Crippen LogP contribution in [-0.4, -0.2) is 22.1 Å². The first-order valence-corrected chi connectivity index (χ1v) is 9.20. The number of benzene rings is 2. The van der Waals surface area contributed by atoms with Crippen molar-refractivity contribution in [2.24, 2.45) is 7.05 Å². The summed E-state index contributed by atoms with van der Waals surface area (Å²) in [5, 5.41) is 0. The lowest BCUT2D eigenvalue weighted by Crippen LogP contribution is -2.26. The highest BCUT2D eigenvalue weighted by Gasteiger charge is 2.22. The average molecular weight is 438 g/mol. The summed E-state index contributed by atoms with van der Waals surface area (Å²) in [7, 11) is 1.71. The van der Waals surface area contributed by atoms with Gasteiger partial charge in [-0.25, -0.2) is 19.2 Å². The Morgan fingerprint density at radius 3 is 2.81 bits per heavy atom. The molecule has 142 valence electrons. The highest BCUT2D eigenvalue weighted by molar-refractivity contribution is 9.10. The molecule has 0 unspecified atom stereocenters. The fourth-order valence-corrected chi connectivity index (χ4v) is 3.10. The molecule has 1 amide bonds. The van der Waals surface area contributed by atoms with E-state index in [0.29, 0.717) is 23.0 Å². The van der Waals surface area contributed by atoms with Gasteiger partial charge in [0.05, 0.1) is 24.0 Å². The average Bonchev–Trinajstić information content (AvgIpc) is 3.00. The predicted molar refractivity (Wildman–Crippen MR) is 101 cm³/mol. The molecule has 1 aromatic heterocycles. The maximum atomic E-state index is 15.2. The number of aryl methyl sites for hydroxylation is 1. The molecule has 0 aliphatic carbocycles. The summed E-state index contributed by atoms with van der Waals surface area (Å²) in [5.74, 6) is -1.72. The molecule has 0 aliphatic heterocycles. The Kier molecular flexibility index (Phi) is 5.86. The topological polar surface area (TPSA) is 56.1 Å². The van der Waals surface area contributed by atoms with Gasteiger partial charge in [0.15, 0.2) is 5.82 Å². The van der Waals surface area contributed by atoms with Gasteiger partial charge in [-0.05, 0) is 30.2 Å². The number of hydrogen-bond donors (Lipinski definition) is 1. The van der Waals surface area contributed by atoms with Crippen LogP contribution in [0, 0.1) is 11.6 Å². The fraction of sp³-hybridized carbons (Fsp3) is 0.263. The first-order valence-electron chi connectivity index (χ1n) is 8.40. The molecule has 0 bridgehead atoms. The third kappa shape index (κ3) is 4.01. The highest BCUT2D eigenvalue weighted by Crippen LogP contribution is 2.27. The second kappa shape index (κ2) is 8.14. The van der Waals surface area contributed by atoms with Crippen LogP contribution in [0.15, 0.2) is 35.1 Å². The molecule has 0 aliphatic rings. The van der Waals surface area contributed by atoms with Gasteiger partial charge in [0.1, 0.15) is 11.3 Å². The minimum Gasteiger partial charge on any atom is -0.334 e. The molecule has 0 saturated heterocycles. The van der Waals surface area contributed by atoms with E-state index in [4.69, 9.17) is 4.84 Å². The van der Waals surface area contributed by atoms with Crippen LogP contribution in [0.3, 0.4) is 0 Å². The van der Waals surface area contributed by atoms with E-state index < -0.39 is 17.5 Å². The van der Waals surface area contributed by atoms with Crippen molar-refractivity contribution in [3.63, 3.8) is 0 Å². The molecule has 3 rings (SSSR count). The molecule has 27 heavy (non-hydrogen) atoms. The molecule has 8 heteroatoms. The molecule has 5 nitrogen and oxygen atoms in total. The fourth-order valence-electron chi connectivity index (χ4n) is 2.77. The number of aromatic nitrogens is 2. The van der Waals surface area contributed by atoms with Gasteiger partial charge in [-0.15, -0.1) is 0 Å². The lowest BCUT2D eigenvalue weighted by Gasteiger charge is -2.13. The van der Waals surface area contributed by atoms with E-state index in [1.807, 2.05) is 6.92 Å². The van der Waals surface area contributed by atoms with Crippen LogP contribution in [0.1, 0.15) is 34.8 Å². The van der Waals surface area contributed by atoms with Crippen LogP contribution in [0.2, 0.25) is 0 Å². The predicted octanol–water partition coefficient (Wildman–Crippen LogP) is 4.28. The monoisotopic (exact) mass is 437 g/mol. The van der Waals surface area contributed by atoms with Gasteiger partial charge in [-0.1, -0.05) is 28.9 Å². The van der Waals surface area contributed by atoms with E-state index in [9.17, 15) is 9.18 Å². The molecular formula is C19H18BrF2N3O2. The first kappa shape index (κ1) is 19.4. The summed E-state index contributed by atoms with van der Waals surface area (Å²) < 4.78 is 31.6. The highest BCUT2D eigenvalue weighted by atomic mass is 79.9. The van der Waals surface area contributed by atoms with Crippen LogP contribution in [0.4, 0.5) is 8.78 Å². The van der Waals surface area contributed by atoms with E-state index in [0.717, 1.165) is 0 Å². The summed E-state index contributed by atoms with van der Waals surface area (Å²) in [6.07, 6.45) is 2.09. The first-order chi connectivity index (χ1) is 12.9. The van der Waals surface area contributed by atoms with Gasteiger partial charge in [-0.3, -0.25) is 9.63 Å². The Morgan fingerprint density at radius 2 is 2.11 bits per heavy atom. The minimum atomic E-state index is -0.643. The maximum Gasteiger partial charge on any atom is 0.275 e. The van der Waals surface area contributed by atoms with Gasteiger partial charge >= 0.3 is 0 Å². The third-order valence-electron chi connectivity index (χ3n) is 4.16. The Bertz CT molecular complexity index is 1000. The van der Waals surface area contributed by atoms with Gasteiger partial charge in [0.25, 0.3) is 5.91 Å². The zero-order valence-corrected chi connectivity index (χ0v) is 16.4. The summed E-state index contributed by atoms with van der Waals surface area (Å²) in [6, 6.07) is 6.06. The number of hydroxylamine groups is 1. The van der Waals surface area contributed by atoms with Crippen molar-refractivity contribution in [1.29, 1.82) is 0 Å². The van der Waals surface area contributed by atoms with Crippen LogP contribution in [0.5, 0.6) is 0 Å². The van der Waals surface area contributed by atoms with E-state index in [1.54, 1.807) is 29.8 Å². The summed E-state index contributed by atoms with van der Waals surface area (Å²) in [6.45, 7) is 2.23. The number of nitrogens with one attached hydrogen (secondary N) is 1. The van der Waals surface area contributed by atoms with Gasteiger partial charge < -0.3 is 4.57 Å². The molecule has 1 N–H and O–H groups in total. The quantitative estimate of drug-likeness (QED) is 0.462. The van der Waals surface area contributed by atoms with Crippen molar-refractivity contribution >= 4 is 32.9 Å². The van der Waals surface area contributed by atoms with Crippen molar-refractivity contribution in [3.05, 3.63) is 63.4 Å². The SMILES string of the molecule is CCCONC(=O)c1cc2c(ncn2C)c(F)c1Cc1ccc(Br)cc1F. The molecule has 0 radical (unpaired) electrons. The number of amides is 1. The number of carbonyl (C=O) groups is 1.